The zero-order valence-corrected chi connectivity index (χ0v) is 13.5. The van der Waals surface area contributed by atoms with E-state index in [-0.39, 0.29) is 17.0 Å². The molecule has 0 aliphatic heterocycles. The van der Waals surface area contributed by atoms with Crippen molar-refractivity contribution in [3.8, 4) is 0 Å². The van der Waals surface area contributed by atoms with Gasteiger partial charge in [0, 0.05) is 4.48 Å². The highest BCUT2D eigenvalue weighted by molar-refractivity contribution is 9.14. The first kappa shape index (κ1) is 16.6. The van der Waals surface area contributed by atoms with E-state index in [1.165, 1.54) is 22.1 Å². The van der Waals surface area contributed by atoms with E-state index >= 15 is 0 Å². The Morgan fingerprint density at radius 2 is 1.54 bits per heavy atom. The highest BCUT2D eigenvalue weighted by atomic mass is 79.9. The zero-order valence-electron chi connectivity index (χ0n) is 8.70. The second-order valence-corrected chi connectivity index (χ2v) is 5.50. The molecular formula is C9H18Br3N. The third-order valence-corrected chi connectivity index (χ3v) is 4.28. The number of hydrogen-bond acceptors (Lipinski definition) is 0. The van der Waals surface area contributed by atoms with E-state index in [1.54, 1.807) is 0 Å². The Balaban J connectivity index is 0. The normalized spacial score (nSPS) is 13.4. The van der Waals surface area contributed by atoms with Gasteiger partial charge in [-0.3, -0.25) is 0 Å². The quantitative estimate of drug-likeness (QED) is 0.624. The van der Waals surface area contributed by atoms with Crippen LogP contribution in [-0.2, 0) is 0 Å². The van der Waals surface area contributed by atoms with Crippen LogP contribution in [0.2, 0.25) is 0 Å². The number of nitrogens with zero attached hydrogens (tertiary/aromatic N) is 1. The molecule has 0 aromatic carbocycles. The van der Waals surface area contributed by atoms with Crippen molar-refractivity contribution in [2.24, 2.45) is 0 Å². The summed E-state index contributed by atoms with van der Waals surface area (Å²) in [6.07, 6.45) is 0. The molecule has 4 heteroatoms. The number of hydrogen-bond donors (Lipinski definition) is 0. The van der Waals surface area contributed by atoms with Gasteiger partial charge in [0.2, 0.25) is 0 Å². The van der Waals surface area contributed by atoms with E-state index in [0.717, 1.165) is 11.0 Å². The predicted octanol–water partition coefficient (Wildman–Crippen LogP) is 0.498. The van der Waals surface area contributed by atoms with Crippen LogP contribution in [-0.4, -0.2) is 31.2 Å². The fourth-order valence-corrected chi connectivity index (χ4v) is 1.62. The van der Waals surface area contributed by atoms with Crippen molar-refractivity contribution >= 4 is 31.9 Å². The molecule has 0 radical (unpaired) electrons. The summed E-state index contributed by atoms with van der Waals surface area (Å²) in [5.41, 5.74) is 0. The van der Waals surface area contributed by atoms with Crippen LogP contribution in [0.3, 0.4) is 0 Å². The molecule has 0 aromatic heterocycles. The smallest absolute Gasteiger partial charge is 0.111 e. The molecule has 0 bridgehead atoms. The number of allylic oxidation sites excluding steroid dienone is 1. The van der Waals surface area contributed by atoms with Gasteiger partial charge < -0.3 is 21.5 Å². The average Bonchev–Trinajstić information content (AvgIpc) is 2.04. The van der Waals surface area contributed by atoms with Crippen LogP contribution in [0.5, 0.6) is 0 Å². The van der Waals surface area contributed by atoms with Gasteiger partial charge in [0.15, 0.2) is 0 Å². The van der Waals surface area contributed by atoms with E-state index in [0.29, 0.717) is 0 Å². The second-order valence-electron chi connectivity index (χ2n) is 3.35. The molecule has 80 valence electrons. The summed E-state index contributed by atoms with van der Waals surface area (Å²) in [5.74, 6) is 0. The Morgan fingerprint density at radius 1 is 1.15 bits per heavy atom. The molecule has 0 rings (SSSR count). The summed E-state index contributed by atoms with van der Waals surface area (Å²) in [6.45, 7) is 9.95. The first-order valence-electron chi connectivity index (χ1n) is 4.29. The van der Waals surface area contributed by atoms with Crippen molar-refractivity contribution in [1.82, 2.24) is 0 Å². The molecule has 0 atom stereocenters. The Labute approximate surface area is 109 Å². The minimum atomic E-state index is 0. The van der Waals surface area contributed by atoms with Crippen molar-refractivity contribution in [1.29, 1.82) is 0 Å². The molecule has 0 amide bonds. The molecule has 0 unspecified atom stereocenters. The lowest BCUT2D eigenvalue weighted by atomic mass is 10.3. The van der Waals surface area contributed by atoms with Crippen molar-refractivity contribution in [3.63, 3.8) is 0 Å². The van der Waals surface area contributed by atoms with Gasteiger partial charge >= 0.3 is 0 Å². The SMILES string of the molecule is CC[N+](C)(CC)C/C(Br)=C(/C)Br.[Br-]. The second kappa shape index (κ2) is 7.43. The summed E-state index contributed by atoms with van der Waals surface area (Å²) in [6, 6.07) is 0. The molecule has 0 saturated carbocycles. The van der Waals surface area contributed by atoms with Gasteiger partial charge in [-0.15, -0.1) is 0 Å². The van der Waals surface area contributed by atoms with Gasteiger partial charge in [-0.25, -0.2) is 0 Å². The highest BCUT2D eigenvalue weighted by Crippen LogP contribution is 2.20. The lowest BCUT2D eigenvalue weighted by Crippen LogP contribution is -3.00. The van der Waals surface area contributed by atoms with Gasteiger partial charge in [0.1, 0.15) is 6.54 Å². The predicted molar refractivity (Wildman–Crippen MR) is 62.7 cm³/mol. The molecule has 0 fully saturated rings. The zero-order chi connectivity index (χ0) is 9.78. The van der Waals surface area contributed by atoms with Crippen LogP contribution in [0.4, 0.5) is 0 Å². The van der Waals surface area contributed by atoms with Crippen LogP contribution in [0.1, 0.15) is 20.8 Å². The molecule has 0 aliphatic carbocycles. The van der Waals surface area contributed by atoms with Crippen LogP contribution in [0, 0.1) is 0 Å². The van der Waals surface area contributed by atoms with E-state index in [2.05, 4.69) is 59.7 Å². The first-order chi connectivity index (χ1) is 5.45. The summed E-state index contributed by atoms with van der Waals surface area (Å²) in [5, 5.41) is 0. The summed E-state index contributed by atoms with van der Waals surface area (Å²) >= 11 is 7.05. The maximum absolute atomic E-state index is 3.58. The minimum Gasteiger partial charge on any atom is -1.00 e. The Bertz CT molecular complexity index is 170. The molecule has 1 nitrogen and oxygen atoms in total. The summed E-state index contributed by atoms with van der Waals surface area (Å²) in [7, 11) is 2.28. The van der Waals surface area contributed by atoms with Gasteiger partial charge in [-0.2, -0.15) is 0 Å². The molecule has 0 heterocycles. The van der Waals surface area contributed by atoms with E-state index < -0.39 is 0 Å². The number of rotatable bonds is 4. The van der Waals surface area contributed by atoms with Crippen molar-refractivity contribution < 1.29 is 21.5 Å². The largest absolute Gasteiger partial charge is 1.00 e. The molecule has 0 aromatic rings. The molecule has 13 heavy (non-hydrogen) atoms. The van der Waals surface area contributed by atoms with Crippen molar-refractivity contribution in [3.05, 3.63) is 8.96 Å². The summed E-state index contributed by atoms with van der Waals surface area (Å²) in [4.78, 5) is 0. The van der Waals surface area contributed by atoms with Crippen LogP contribution in [0.15, 0.2) is 8.96 Å². The highest BCUT2D eigenvalue weighted by Gasteiger charge is 2.17. The molecule has 0 N–H and O–H groups in total. The van der Waals surface area contributed by atoms with Gasteiger partial charge in [-0.05, 0) is 36.7 Å². The Hall–Kier alpha value is 1.14. The Morgan fingerprint density at radius 3 is 1.77 bits per heavy atom. The Kier molecular flexibility index (Phi) is 9.47. The lowest BCUT2D eigenvalue weighted by Gasteiger charge is -2.32. The van der Waals surface area contributed by atoms with E-state index in [4.69, 9.17) is 0 Å². The van der Waals surface area contributed by atoms with E-state index in [9.17, 15) is 0 Å². The fourth-order valence-electron chi connectivity index (χ4n) is 0.891. The van der Waals surface area contributed by atoms with Gasteiger partial charge in [0.05, 0.1) is 24.6 Å². The average molecular weight is 380 g/mol. The summed E-state index contributed by atoms with van der Waals surface area (Å²) < 4.78 is 3.56. The maximum Gasteiger partial charge on any atom is 0.111 e. The van der Waals surface area contributed by atoms with Gasteiger partial charge in [-0.1, -0.05) is 15.9 Å². The standard InChI is InChI=1S/C9H18Br2N.BrH/c1-5-12(4,6-2)7-9(11)8(3)10;/h5-7H2,1-4H3;1H/q+1;/p-1/b9-8+;. The molecule has 0 spiro atoms. The number of likely N-dealkylation sites (N-methyl/N-ethyl adjacent to an activating group) is 1. The molecule has 0 aliphatic rings. The molecule has 0 saturated heterocycles. The lowest BCUT2D eigenvalue weighted by molar-refractivity contribution is -0.900. The van der Waals surface area contributed by atoms with Crippen LogP contribution >= 0.6 is 31.9 Å². The fraction of sp³-hybridized carbons (Fsp3) is 0.778. The third-order valence-electron chi connectivity index (χ3n) is 2.42. The minimum absolute atomic E-state index is 0. The van der Waals surface area contributed by atoms with Crippen molar-refractivity contribution in [2.75, 3.05) is 26.7 Å². The number of halogens is 3. The van der Waals surface area contributed by atoms with Crippen LogP contribution in [0.25, 0.3) is 0 Å². The van der Waals surface area contributed by atoms with Gasteiger partial charge in [0.25, 0.3) is 0 Å². The van der Waals surface area contributed by atoms with Crippen LogP contribution < -0.4 is 17.0 Å². The number of quaternary nitrogens is 1. The third kappa shape index (κ3) is 6.26. The van der Waals surface area contributed by atoms with Crippen molar-refractivity contribution in [2.45, 2.75) is 20.8 Å². The monoisotopic (exact) mass is 377 g/mol. The maximum atomic E-state index is 3.58. The molecular weight excluding hydrogens is 362 g/mol. The van der Waals surface area contributed by atoms with E-state index in [1.807, 2.05) is 0 Å². The topological polar surface area (TPSA) is 0 Å². The first-order valence-corrected chi connectivity index (χ1v) is 5.88.